The molecule has 0 aliphatic carbocycles. The number of aromatic nitrogens is 3. The summed E-state index contributed by atoms with van der Waals surface area (Å²) >= 11 is 5.22. The van der Waals surface area contributed by atoms with Crippen molar-refractivity contribution in [3.05, 3.63) is 46.0 Å². The molecule has 0 bridgehead atoms. The second kappa shape index (κ2) is 7.84. The van der Waals surface area contributed by atoms with Crippen LogP contribution in [-0.2, 0) is 23.9 Å². The molecule has 1 N–H and O–H groups in total. The maximum absolute atomic E-state index is 12.9. The molecule has 0 saturated carbocycles. The summed E-state index contributed by atoms with van der Waals surface area (Å²) in [5.74, 6) is 0.729. The minimum atomic E-state index is -4.41. The van der Waals surface area contributed by atoms with Crippen LogP contribution in [0.3, 0.4) is 0 Å². The van der Waals surface area contributed by atoms with Crippen LogP contribution in [0.25, 0.3) is 0 Å². The number of piperidine rings is 1. The Morgan fingerprint density at radius 1 is 1.41 bits per heavy atom. The van der Waals surface area contributed by atoms with Crippen LogP contribution in [-0.4, -0.2) is 38.7 Å². The first-order valence-corrected chi connectivity index (χ1v) is 9.29. The Kier molecular flexibility index (Phi) is 5.69. The Morgan fingerprint density at radius 3 is 2.89 bits per heavy atom. The zero-order valence-corrected chi connectivity index (χ0v) is 15.7. The third-order valence-electron chi connectivity index (χ3n) is 4.85. The fourth-order valence-electron chi connectivity index (χ4n) is 3.51. The number of nitrogens with one attached hydrogen (secondary N) is 1. The normalized spacial score (nSPS) is 17.9. The van der Waals surface area contributed by atoms with Gasteiger partial charge < -0.3 is 9.47 Å². The van der Waals surface area contributed by atoms with Crippen molar-refractivity contribution in [3.63, 3.8) is 0 Å². The topological polar surface area (TPSA) is 53.9 Å². The van der Waals surface area contributed by atoms with Crippen LogP contribution in [0.15, 0.2) is 24.3 Å². The van der Waals surface area contributed by atoms with E-state index >= 15 is 0 Å². The Bertz CT molecular complexity index is 874. The van der Waals surface area contributed by atoms with E-state index in [0.29, 0.717) is 30.0 Å². The van der Waals surface area contributed by atoms with E-state index in [0.717, 1.165) is 30.8 Å². The molecular weight excluding hydrogens is 377 g/mol. The molecule has 2 heterocycles. The molecular formula is C18H21F3N4OS. The molecule has 1 atom stereocenters. The van der Waals surface area contributed by atoms with Gasteiger partial charge in [0.15, 0.2) is 4.77 Å². The predicted octanol–water partition coefficient (Wildman–Crippen LogP) is 3.93. The smallest absolute Gasteiger partial charge is 0.342 e. The molecule has 1 aliphatic heterocycles. The van der Waals surface area contributed by atoms with Crippen molar-refractivity contribution >= 4 is 18.1 Å². The molecule has 1 aromatic carbocycles. The summed E-state index contributed by atoms with van der Waals surface area (Å²) in [5.41, 5.74) is -0.365. The average Bonchev–Trinajstić information content (AvgIpc) is 3.02. The number of likely N-dealkylation sites (tertiary alicyclic amines) is 1. The fourth-order valence-corrected chi connectivity index (χ4v) is 3.77. The van der Waals surface area contributed by atoms with Crippen molar-refractivity contribution in [1.29, 1.82) is 0 Å². The number of hydrogen-bond donors (Lipinski definition) is 1. The SMILES string of the molecule is CCn1c(C2CCCN(C(=O)Cc3cccc(C(F)(F)F)c3)C2)n[nH]c1=S. The molecule has 2 aromatic rings. The highest BCUT2D eigenvalue weighted by atomic mass is 32.1. The Labute approximate surface area is 160 Å². The van der Waals surface area contributed by atoms with Crippen molar-refractivity contribution in [2.24, 2.45) is 0 Å². The lowest BCUT2D eigenvalue weighted by Crippen LogP contribution is -2.40. The van der Waals surface area contributed by atoms with E-state index in [1.165, 1.54) is 6.07 Å². The van der Waals surface area contributed by atoms with Gasteiger partial charge in [0.1, 0.15) is 5.82 Å². The number of benzene rings is 1. The summed E-state index contributed by atoms with van der Waals surface area (Å²) in [5, 5.41) is 7.10. The molecule has 1 aromatic heterocycles. The van der Waals surface area contributed by atoms with Crippen molar-refractivity contribution in [1.82, 2.24) is 19.7 Å². The number of halogens is 3. The van der Waals surface area contributed by atoms with Gasteiger partial charge in [-0.2, -0.15) is 18.3 Å². The minimum Gasteiger partial charge on any atom is -0.342 e. The quantitative estimate of drug-likeness (QED) is 0.794. The zero-order chi connectivity index (χ0) is 19.6. The van der Waals surface area contributed by atoms with Gasteiger partial charge in [0.05, 0.1) is 12.0 Å². The highest BCUT2D eigenvalue weighted by molar-refractivity contribution is 7.71. The number of carbonyl (C=O) groups is 1. The number of rotatable bonds is 4. The van der Waals surface area contributed by atoms with Crippen LogP contribution in [0.4, 0.5) is 13.2 Å². The number of carbonyl (C=O) groups excluding carboxylic acids is 1. The lowest BCUT2D eigenvalue weighted by molar-refractivity contribution is -0.138. The Balaban J connectivity index is 1.71. The van der Waals surface area contributed by atoms with Crippen molar-refractivity contribution in [3.8, 4) is 0 Å². The number of nitrogens with zero attached hydrogens (tertiary/aromatic N) is 3. The molecule has 146 valence electrons. The standard InChI is InChI=1S/C18H21F3N4OS/c1-2-25-16(22-23-17(25)27)13-6-4-8-24(11-13)15(26)10-12-5-3-7-14(9-12)18(19,20)21/h3,5,7,9,13H,2,4,6,8,10-11H2,1H3,(H,23,27). The second-order valence-electron chi connectivity index (χ2n) is 6.69. The maximum atomic E-state index is 12.9. The maximum Gasteiger partial charge on any atom is 0.416 e. The summed E-state index contributed by atoms with van der Waals surface area (Å²) in [6.07, 6.45) is -2.74. The van der Waals surface area contributed by atoms with Gasteiger partial charge >= 0.3 is 6.18 Å². The Morgan fingerprint density at radius 2 is 2.19 bits per heavy atom. The first-order chi connectivity index (χ1) is 12.8. The first-order valence-electron chi connectivity index (χ1n) is 8.88. The van der Waals surface area contributed by atoms with Crippen LogP contribution in [0.1, 0.15) is 42.6 Å². The van der Waals surface area contributed by atoms with Crippen molar-refractivity contribution in [2.75, 3.05) is 13.1 Å². The summed E-state index contributed by atoms with van der Waals surface area (Å²) in [7, 11) is 0. The van der Waals surface area contributed by atoms with Gasteiger partial charge in [0.25, 0.3) is 0 Å². The van der Waals surface area contributed by atoms with Gasteiger partial charge in [-0.05, 0) is 43.6 Å². The van der Waals surface area contributed by atoms with Crippen LogP contribution < -0.4 is 0 Å². The van der Waals surface area contributed by atoms with Crippen molar-refractivity contribution in [2.45, 2.75) is 44.8 Å². The number of alkyl halides is 3. The van der Waals surface area contributed by atoms with E-state index in [4.69, 9.17) is 12.2 Å². The number of hydrogen-bond acceptors (Lipinski definition) is 3. The molecule has 1 aliphatic rings. The van der Waals surface area contributed by atoms with E-state index in [9.17, 15) is 18.0 Å². The third kappa shape index (κ3) is 4.40. The molecule has 3 rings (SSSR count). The minimum absolute atomic E-state index is 0.0444. The number of aromatic amines is 1. The highest BCUT2D eigenvalue weighted by Crippen LogP contribution is 2.30. The summed E-state index contributed by atoms with van der Waals surface area (Å²) in [4.78, 5) is 14.4. The lowest BCUT2D eigenvalue weighted by Gasteiger charge is -2.32. The van der Waals surface area contributed by atoms with Crippen molar-refractivity contribution < 1.29 is 18.0 Å². The average molecular weight is 398 g/mol. The monoisotopic (exact) mass is 398 g/mol. The van der Waals surface area contributed by atoms with Gasteiger partial charge in [-0.25, -0.2) is 0 Å². The summed E-state index contributed by atoms with van der Waals surface area (Å²) in [6.45, 7) is 3.77. The molecule has 27 heavy (non-hydrogen) atoms. The van der Waals surface area contributed by atoms with Gasteiger partial charge in [0, 0.05) is 25.6 Å². The van der Waals surface area contributed by atoms with E-state index in [-0.39, 0.29) is 18.2 Å². The largest absolute Gasteiger partial charge is 0.416 e. The van der Waals surface area contributed by atoms with E-state index in [2.05, 4.69) is 10.2 Å². The predicted molar refractivity (Wildman–Crippen MR) is 96.8 cm³/mol. The molecule has 1 amide bonds. The van der Waals surface area contributed by atoms with Crippen LogP contribution in [0, 0.1) is 4.77 Å². The van der Waals surface area contributed by atoms with E-state index in [1.54, 1.807) is 11.0 Å². The first kappa shape index (κ1) is 19.6. The lowest BCUT2D eigenvalue weighted by atomic mass is 9.96. The molecule has 1 fully saturated rings. The second-order valence-corrected chi connectivity index (χ2v) is 7.07. The molecule has 9 heteroatoms. The van der Waals surface area contributed by atoms with Gasteiger partial charge in [-0.15, -0.1) is 0 Å². The van der Waals surface area contributed by atoms with Crippen LogP contribution in [0.2, 0.25) is 0 Å². The molecule has 1 saturated heterocycles. The number of H-pyrrole nitrogens is 1. The summed E-state index contributed by atoms with van der Waals surface area (Å²) in [6, 6.07) is 4.94. The number of amides is 1. The highest BCUT2D eigenvalue weighted by Gasteiger charge is 2.31. The van der Waals surface area contributed by atoms with Gasteiger partial charge in [-0.1, -0.05) is 18.2 Å². The fraction of sp³-hybridized carbons (Fsp3) is 0.500. The molecule has 1 unspecified atom stereocenters. The van der Waals surface area contributed by atoms with E-state index < -0.39 is 11.7 Å². The van der Waals surface area contributed by atoms with E-state index in [1.807, 2.05) is 11.5 Å². The summed E-state index contributed by atoms with van der Waals surface area (Å²) < 4.78 is 41.0. The third-order valence-corrected chi connectivity index (χ3v) is 5.16. The molecule has 0 spiro atoms. The van der Waals surface area contributed by atoms with Gasteiger partial charge in [0.2, 0.25) is 5.91 Å². The molecule has 0 radical (unpaired) electrons. The zero-order valence-electron chi connectivity index (χ0n) is 14.9. The Hall–Kier alpha value is -2.16. The molecule has 5 nitrogen and oxygen atoms in total. The van der Waals surface area contributed by atoms with Gasteiger partial charge in [-0.3, -0.25) is 9.89 Å². The van der Waals surface area contributed by atoms with Crippen LogP contribution in [0.5, 0.6) is 0 Å². The van der Waals surface area contributed by atoms with Crippen LogP contribution >= 0.6 is 12.2 Å².